The molecule has 1 aromatic carbocycles. The standard InChI is InChI=1S/C24H31FN4O3/c1-15-6-7-19(12-26-15)23(30)27-22-11-21(25)10-20(17(22)3)14-28-8-9-29(16(2)13-28)24(31)18(4)32-5/h6-7,10-12,16,18H,8-9,13-14H2,1-5H3,(H,27,30)/t16-,18?/m0/s1. The summed E-state index contributed by atoms with van der Waals surface area (Å²) in [5.74, 6) is -0.749. The first-order valence-corrected chi connectivity index (χ1v) is 10.8. The summed E-state index contributed by atoms with van der Waals surface area (Å²) >= 11 is 0. The highest BCUT2D eigenvalue weighted by Crippen LogP contribution is 2.24. The van der Waals surface area contributed by atoms with E-state index in [9.17, 15) is 14.0 Å². The van der Waals surface area contributed by atoms with Gasteiger partial charge in [-0.3, -0.25) is 19.5 Å². The number of carbonyl (C=O) groups is 2. The monoisotopic (exact) mass is 442 g/mol. The zero-order chi connectivity index (χ0) is 23.4. The number of pyridine rings is 1. The van der Waals surface area contributed by atoms with Crippen LogP contribution in [0.25, 0.3) is 0 Å². The maximum atomic E-state index is 14.4. The minimum atomic E-state index is -0.468. The number of rotatable bonds is 6. The molecule has 1 N–H and O–H groups in total. The number of methoxy groups -OCH3 is 1. The number of halogens is 1. The normalized spacial score (nSPS) is 17.8. The number of nitrogens with one attached hydrogen (secondary N) is 1. The number of carbonyl (C=O) groups excluding carboxylic acids is 2. The fourth-order valence-electron chi connectivity index (χ4n) is 3.91. The van der Waals surface area contributed by atoms with Crippen molar-refractivity contribution in [1.82, 2.24) is 14.8 Å². The third kappa shape index (κ3) is 5.49. The number of piperazine rings is 1. The Hall–Kier alpha value is -2.84. The van der Waals surface area contributed by atoms with Crippen molar-refractivity contribution in [1.29, 1.82) is 0 Å². The van der Waals surface area contributed by atoms with Gasteiger partial charge in [-0.1, -0.05) is 0 Å². The first-order valence-electron chi connectivity index (χ1n) is 10.8. The molecule has 1 saturated heterocycles. The Balaban J connectivity index is 1.70. The summed E-state index contributed by atoms with van der Waals surface area (Å²) in [4.78, 5) is 33.2. The van der Waals surface area contributed by atoms with Crippen LogP contribution in [0.4, 0.5) is 10.1 Å². The van der Waals surface area contributed by atoms with Gasteiger partial charge in [0, 0.05) is 56.9 Å². The van der Waals surface area contributed by atoms with Crippen LogP contribution >= 0.6 is 0 Å². The maximum Gasteiger partial charge on any atom is 0.257 e. The van der Waals surface area contributed by atoms with Crippen molar-refractivity contribution < 1.29 is 18.7 Å². The molecule has 0 bridgehead atoms. The second-order valence-corrected chi connectivity index (χ2v) is 8.37. The van der Waals surface area contributed by atoms with Crippen LogP contribution in [0.2, 0.25) is 0 Å². The van der Waals surface area contributed by atoms with Crippen LogP contribution in [0.3, 0.4) is 0 Å². The van der Waals surface area contributed by atoms with E-state index in [0.717, 1.165) is 16.8 Å². The summed E-state index contributed by atoms with van der Waals surface area (Å²) in [5.41, 5.74) is 3.30. The molecule has 1 unspecified atom stereocenters. The first kappa shape index (κ1) is 23.8. The Labute approximate surface area is 188 Å². The molecule has 1 aliphatic heterocycles. The number of hydrogen-bond acceptors (Lipinski definition) is 5. The predicted octanol–water partition coefficient (Wildman–Crippen LogP) is 3.16. The van der Waals surface area contributed by atoms with Crippen LogP contribution in [0.5, 0.6) is 0 Å². The molecule has 172 valence electrons. The number of nitrogens with zero attached hydrogens (tertiary/aromatic N) is 3. The molecule has 1 aromatic heterocycles. The number of benzene rings is 1. The first-order chi connectivity index (χ1) is 15.2. The molecule has 1 aliphatic rings. The van der Waals surface area contributed by atoms with Crippen molar-refractivity contribution in [3.8, 4) is 0 Å². The molecule has 2 heterocycles. The van der Waals surface area contributed by atoms with Gasteiger partial charge in [0.1, 0.15) is 11.9 Å². The molecule has 32 heavy (non-hydrogen) atoms. The summed E-state index contributed by atoms with van der Waals surface area (Å²) in [6.45, 7) is 9.96. The van der Waals surface area contributed by atoms with E-state index in [1.54, 1.807) is 19.1 Å². The molecular weight excluding hydrogens is 411 g/mol. The molecule has 8 heteroatoms. The van der Waals surface area contributed by atoms with Crippen molar-refractivity contribution in [2.45, 2.75) is 46.4 Å². The lowest BCUT2D eigenvalue weighted by molar-refractivity contribution is -0.145. The fourth-order valence-corrected chi connectivity index (χ4v) is 3.91. The van der Waals surface area contributed by atoms with Crippen LogP contribution < -0.4 is 5.32 Å². The van der Waals surface area contributed by atoms with Gasteiger partial charge in [0.05, 0.1) is 5.56 Å². The van der Waals surface area contributed by atoms with E-state index in [4.69, 9.17) is 4.74 Å². The van der Waals surface area contributed by atoms with E-state index < -0.39 is 11.9 Å². The van der Waals surface area contributed by atoms with Crippen molar-refractivity contribution >= 4 is 17.5 Å². The third-order valence-corrected chi connectivity index (χ3v) is 5.99. The largest absolute Gasteiger partial charge is 0.372 e. The van der Waals surface area contributed by atoms with Crippen LogP contribution in [-0.2, 0) is 16.1 Å². The number of aryl methyl sites for hydroxylation is 1. The summed E-state index contributed by atoms with van der Waals surface area (Å²) < 4.78 is 19.6. The van der Waals surface area contributed by atoms with E-state index in [-0.39, 0.29) is 17.9 Å². The lowest BCUT2D eigenvalue weighted by Gasteiger charge is -2.41. The van der Waals surface area contributed by atoms with Crippen molar-refractivity contribution in [3.05, 3.63) is 58.7 Å². The predicted molar refractivity (Wildman–Crippen MR) is 121 cm³/mol. The van der Waals surface area contributed by atoms with E-state index in [2.05, 4.69) is 15.2 Å². The number of ether oxygens (including phenoxy) is 1. The van der Waals surface area contributed by atoms with Crippen molar-refractivity contribution in [2.24, 2.45) is 0 Å². The fraction of sp³-hybridized carbons (Fsp3) is 0.458. The van der Waals surface area contributed by atoms with Crippen LogP contribution in [0.1, 0.15) is 41.0 Å². The summed E-state index contributed by atoms with van der Waals surface area (Å²) in [6.07, 6.45) is 1.04. The minimum absolute atomic E-state index is 0.0165. The highest BCUT2D eigenvalue weighted by Gasteiger charge is 2.30. The Morgan fingerprint density at radius 1 is 1.28 bits per heavy atom. The van der Waals surface area contributed by atoms with Gasteiger partial charge < -0.3 is 15.0 Å². The zero-order valence-corrected chi connectivity index (χ0v) is 19.3. The molecule has 7 nitrogen and oxygen atoms in total. The second kappa shape index (κ2) is 10.2. The summed E-state index contributed by atoms with van der Waals surface area (Å²) in [7, 11) is 1.53. The average Bonchev–Trinajstić information content (AvgIpc) is 2.76. The number of amides is 2. The molecule has 0 saturated carbocycles. The Morgan fingerprint density at radius 3 is 2.66 bits per heavy atom. The van der Waals surface area contributed by atoms with Gasteiger partial charge >= 0.3 is 0 Å². The van der Waals surface area contributed by atoms with Crippen molar-refractivity contribution in [3.63, 3.8) is 0 Å². The molecule has 2 amide bonds. The van der Waals surface area contributed by atoms with Crippen LogP contribution in [0.15, 0.2) is 30.5 Å². The molecule has 2 atom stereocenters. The van der Waals surface area contributed by atoms with E-state index in [1.165, 1.54) is 25.4 Å². The smallest absolute Gasteiger partial charge is 0.257 e. The van der Waals surface area contributed by atoms with E-state index in [0.29, 0.717) is 37.4 Å². The number of aromatic nitrogens is 1. The lowest BCUT2D eigenvalue weighted by atomic mass is 10.0. The van der Waals surface area contributed by atoms with Gasteiger partial charge in [-0.2, -0.15) is 0 Å². The Morgan fingerprint density at radius 2 is 2.03 bits per heavy atom. The lowest BCUT2D eigenvalue weighted by Crippen LogP contribution is -2.55. The molecular formula is C24H31FN4O3. The average molecular weight is 443 g/mol. The number of hydrogen-bond donors (Lipinski definition) is 1. The summed E-state index contributed by atoms with van der Waals surface area (Å²) in [6, 6.07) is 6.32. The molecule has 1 fully saturated rings. The van der Waals surface area contributed by atoms with E-state index in [1.807, 2.05) is 25.7 Å². The topological polar surface area (TPSA) is 74.8 Å². The SMILES string of the molecule is COC(C)C(=O)N1CCN(Cc2cc(F)cc(NC(=O)c3ccc(C)nc3)c2C)C[C@@H]1C. The van der Waals surface area contributed by atoms with E-state index >= 15 is 0 Å². The Bertz CT molecular complexity index is 980. The maximum absolute atomic E-state index is 14.4. The molecule has 3 rings (SSSR count). The van der Waals surface area contributed by atoms with Crippen molar-refractivity contribution in [2.75, 3.05) is 32.1 Å². The highest BCUT2D eigenvalue weighted by molar-refractivity contribution is 6.04. The van der Waals surface area contributed by atoms with Gasteiger partial charge in [0.15, 0.2) is 0 Å². The van der Waals surface area contributed by atoms with Gasteiger partial charge in [-0.05, 0) is 63.1 Å². The molecule has 0 radical (unpaired) electrons. The zero-order valence-electron chi connectivity index (χ0n) is 19.3. The minimum Gasteiger partial charge on any atom is -0.372 e. The number of anilines is 1. The Kier molecular flexibility index (Phi) is 7.58. The van der Waals surface area contributed by atoms with Crippen LogP contribution in [0, 0.1) is 19.7 Å². The molecule has 2 aromatic rings. The van der Waals surface area contributed by atoms with Gasteiger partial charge in [-0.25, -0.2) is 4.39 Å². The highest BCUT2D eigenvalue weighted by atomic mass is 19.1. The summed E-state index contributed by atoms with van der Waals surface area (Å²) in [5, 5.41) is 2.81. The van der Waals surface area contributed by atoms with Gasteiger partial charge in [0.2, 0.25) is 0 Å². The third-order valence-electron chi connectivity index (χ3n) is 5.99. The van der Waals surface area contributed by atoms with Gasteiger partial charge in [-0.15, -0.1) is 0 Å². The molecule has 0 spiro atoms. The quantitative estimate of drug-likeness (QED) is 0.744. The van der Waals surface area contributed by atoms with Gasteiger partial charge in [0.25, 0.3) is 11.8 Å². The second-order valence-electron chi connectivity index (χ2n) is 8.37. The molecule has 0 aliphatic carbocycles. The van der Waals surface area contributed by atoms with Crippen LogP contribution in [-0.4, -0.2) is 65.5 Å².